The summed E-state index contributed by atoms with van der Waals surface area (Å²) in [6, 6.07) is 13.7. The summed E-state index contributed by atoms with van der Waals surface area (Å²) in [4.78, 5) is 36.7. The minimum absolute atomic E-state index is 0.110. The Morgan fingerprint density at radius 2 is 1.87 bits per heavy atom. The van der Waals surface area contributed by atoms with Crippen molar-refractivity contribution in [2.45, 2.75) is 6.54 Å². The number of carbonyl (C=O) groups is 1. The van der Waals surface area contributed by atoms with Gasteiger partial charge in [-0.05, 0) is 36.5 Å². The van der Waals surface area contributed by atoms with Gasteiger partial charge in [0, 0.05) is 51.2 Å². The van der Waals surface area contributed by atoms with Crippen LogP contribution in [0.5, 0.6) is 0 Å². The molecule has 1 aliphatic rings. The Labute approximate surface area is 179 Å². The molecule has 1 amide bonds. The monoisotopic (exact) mass is 424 g/mol. The number of hydrogen-bond acceptors (Lipinski definition) is 6. The standard InChI is InChI=1S/C21H24N6O2S/c28-18(15-27-20(29)17-7-4-8-23-19(17)24-21(27)30)22-9-10-25-11-13-26(14-12-25)16-5-2-1-3-6-16/h1-8H,9-15H2,(H,22,28)(H,23,24,30). The average Bonchev–Trinajstić information content (AvgIpc) is 2.78. The maximum atomic E-state index is 12.6. The number of fused-ring (bicyclic) bond motifs is 1. The van der Waals surface area contributed by atoms with Gasteiger partial charge in [0.05, 0.1) is 5.39 Å². The normalized spacial score (nSPS) is 14.7. The van der Waals surface area contributed by atoms with Gasteiger partial charge in [0.2, 0.25) is 5.91 Å². The number of nitrogens with one attached hydrogen (secondary N) is 2. The van der Waals surface area contributed by atoms with Crippen LogP contribution in [-0.2, 0) is 11.3 Å². The number of pyridine rings is 1. The SMILES string of the molecule is O=C(Cn1c(=S)[nH]c2ncccc2c1=O)NCCN1CCN(c2ccccc2)CC1. The van der Waals surface area contributed by atoms with Crippen molar-refractivity contribution in [2.75, 3.05) is 44.2 Å². The van der Waals surface area contributed by atoms with Crippen LogP contribution in [0, 0.1) is 4.77 Å². The second-order valence-corrected chi connectivity index (χ2v) is 7.62. The van der Waals surface area contributed by atoms with Gasteiger partial charge in [-0.25, -0.2) is 4.98 Å². The number of carbonyl (C=O) groups excluding carboxylic acids is 1. The summed E-state index contributed by atoms with van der Waals surface area (Å²) < 4.78 is 1.46. The fourth-order valence-corrected chi connectivity index (χ4v) is 3.89. The fraction of sp³-hybridized carbons (Fsp3) is 0.333. The molecule has 1 aliphatic heterocycles. The van der Waals surface area contributed by atoms with E-state index in [1.54, 1.807) is 18.3 Å². The van der Waals surface area contributed by atoms with Gasteiger partial charge in [-0.15, -0.1) is 0 Å². The molecule has 3 heterocycles. The summed E-state index contributed by atoms with van der Waals surface area (Å²) in [6.07, 6.45) is 1.59. The molecule has 1 saturated heterocycles. The van der Waals surface area contributed by atoms with Crippen molar-refractivity contribution in [3.63, 3.8) is 0 Å². The summed E-state index contributed by atoms with van der Waals surface area (Å²) in [7, 11) is 0. The van der Waals surface area contributed by atoms with Gasteiger partial charge in [0.1, 0.15) is 12.2 Å². The highest BCUT2D eigenvalue weighted by Crippen LogP contribution is 2.15. The number of nitrogens with zero attached hydrogens (tertiary/aromatic N) is 4. The fourth-order valence-electron chi connectivity index (χ4n) is 3.65. The third-order valence-electron chi connectivity index (χ3n) is 5.30. The highest BCUT2D eigenvalue weighted by atomic mass is 32.1. The van der Waals surface area contributed by atoms with Crippen LogP contribution < -0.4 is 15.8 Å². The second kappa shape index (κ2) is 9.19. The lowest BCUT2D eigenvalue weighted by molar-refractivity contribution is -0.121. The number of H-pyrrole nitrogens is 1. The summed E-state index contributed by atoms with van der Waals surface area (Å²) in [5, 5.41) is 3.31. The molecule has 30 heavy (non-hydrogen) atoms. The largest absolute Gasteiger partial charge is 0.369 e. The molecule has 1 fully saturated rings. The van der Waals surface area contributed by atoms with E-state index >= 15 is 0 Å². The molecule has 156 valence electrons. The van der Waals surface area contributed by atoms with Crippen LogP contribution in [0.15, 0.2) is 53.5 Å². The van der Waals surface area contributed by atoms with E-state index in [1.165, 1.54) is 10.3 Å². The Balaban J connectivity index is 1.27. The first-order valence-electron chi connectivity index (χ1n) is 9.99. The Hall–Kier alpha value is -3.04. The maximum absolute atomic E-state index is 12.6. The molecule has 2 N–H and O–H groups in total. The van der Waals surface area contributed by atoms with Gasteiger partial charge < -0.3 is 15.2 Å². The molecule has 0 spiro atoms. The summed E-state index contributed by atoms with van der Waals surface area (Å²) in [5.41, 5.74) is 1.37. The van der Waals surface area contributed by atoms with E-state index in [-0.39, 0.29) is 22.8 Å². The highest BCUT2D eigenvalue weighted by Gasteiger charge is 2.17. The lowest BCUT2D eigenvalue weighted by atomic mass is 10.2. The van der Waals surface area contributed by atoms with Crippen LogP contribution >= 0.6 is 12.2 Å². The van der Waals surface area contributed by atoms with Gasteiger partial charge in [0.25, 0.3) is 5.56 Å². The van der Waals surface area contributed by atoms with E-state index in [1.807, 2.05) is 6.07 Å². The van der Waals surface area contributed by atoms with Crippen LogP contribution in [0.3, 0.4) is 0 Å². The number of aromatic nitrogens is 3. The topological polar surface area (TPSA) is 86.3 Å². The number of para-hydroxylation sites is 1. The van der Waals surface area contributed by atoms with Crippen molar-refractivity contribution >= 4 is 34.8 Å². The van der Waals surface area contributed by atoms with E-state index in [0.717, 1.165) is 32.7 Å². The molecule has 8 nitrogen and oxygen atoms in total. The summed E-state index contributed by atoms with van der Waals surface area (Å²) in [5.74, 6) is -0.234. The second-order valence-electron chi connectivity index (χ2n) is 7.24. The van der Waals surface area contributed by atoms with E-state index in [4.69, 9.17) is 12.2 Å². The van der Waals surface area contributed by atoms with Crippen molar-refractivity contribution < 1.29 is 4.79 Å². The summed E-state index contributed by atoms with van der Waals surface area (Å²) in [6.45, 7) is 5.03. The van der Waals surface area contributed by atoms with E-state index in [9.17, 15) is 9.59 Å². The van der Waals surface area contributed by atoms with E-state index in [0.29, 0.717) is 17.6 Å². The lowest BCUT2D eigenvalue weighted by Crippen LogP contribution is -2.48. The Morgan fingerprint density at radius 3 is 2.63 bits per heavy atom. The van der Waals surface area contributed by atoms with Crippen molar-refractivity contribution in [2.24, 2.45) is 0 Å². The third-order valence-corrected chi connectivity index (χ3v) is 5.62. The highest BCUT2D eigenvalue weighted by molar-refractivity contribution is 7.71. The average molecular weight is 425 g/mol. The Morgan fingerprint density at radius 1 is 1.10 bits per heavy atom. The van der Waals surface area contributed by atoms with E-state index in [2.05, 4.69) is 49.4 Å². The van der Waals surface area contributed by atoms with Crippen molar-refractivity contribution in [1.29, 1.82) is 0 Å². The molecule has 0 atom stereocenters. The van der Waals surface area contributed by atoms with Crippen LogP contribution in [0.25, 0.3) is 11.0 Å². The maximum Gasteiger partial charge on any atom is 0.264 e. The van der Waals surface area contributed by atoms with Crippen LogP contribution in [0.1, 0.15) is 0 Å². The molecular formula is C21H24N6O2S. The van der Waals surface area contributed by atoms with Gasteiger partial charge in [-0.2, -0.15) is 0 Å². The molecule has 0 saturated carbocycles. The molecule has 2 aromatic heterocycles. The minimum Gasteiger partial charge on any atom is -0.369 e. The van der Waals surface area contributed by atoms with Crippen LogP contribution in [0.4, 0.5) is 5.69 Å². The molecule has 0 unspecified atom stereocenters. The molecule has 9 heteroatoms. The third kappa shape index (κ3) is 4.58. The minimum atomic E-state index is -0.311. The van der Waals surface area contributed by atoms with Crippen LogP contribution in [0.2, 0.25) is 0 Å². The smallest absolute Gasteiger partial charge is 0.264 e. The van der Waals surface area contributed by atoms with E-state index < -0.39 is 0 Å². The van der Waals surface area contributed by atoms with Gasteiger partial charge in [-0.3, -0.25) is 19.1 Å². The van der Waals surface area contributed by atoms with Gasteiger partial charge in [0.15, 0.2) is 4.77 Å². The molecule has 0 aliphatic carbocycles. The quantitative estimate of drug-likeness (QED) is 0.582. The first-order chi connectivity index (χ1) is 14.6. The van der Waals surface area contributed by atoms with Crippen molar-refractivity contribution in [1.82, 2.24) is 24.8 Å². The number of hydrogen-bond donors (Lipinski definition) is 2. The number of piperazine rings is 1. The zero-order chi connectivity index (χ0) is 20.9. The Bertz CT molecular complexity index is 1140. The predicted molar refractivity (Wildman–Crippen MR) is 119 cm³/mol. The molecular weight excluding hydrogens is 400 g/mol. The molecule has 3 aromatic rings. The number of anilines is 1. The number of amides is 1. The molecule has 4 rings (SSSR count). The van der Waals surface area contributed by atoms with Gasteiger partial charge in [-0.1, -0.05) is 18.2 Å². The number of rotatable bonds is 6. The predicted octanol–water partition coefficient (Wildman–Crippen LogP) is 1.39. The lowest BCUT2D eigenvalue weighted by Gasteiger charge is -2.36. The van der Waals surface area contributed by atoms with Crippen molar-refractivity contribution in [3.05, 3.63) is 63.8 Å². The first kappa shape index (κ1) is 20.2. The van der Waals surface area contributed by atoms with Gasteiger partial charge >= 0.3 is 0 Å². The Kier molecular flexibility index (Phi) is 6.20. The number of benzene rings is 1. The first-order valence-corrected chi connectivity index (χ1v) is 10.4. The van der Waals surface area contributed by atoms with Crippen molar-refractivity contribution in [3.8, 4) is 0 Å². The molecule has 0 radical (unpaired) electrons. The van der Waals surface area contributed by atoms with Crippen LogP contribution in [-0.4, -0.2) is 64.6 Å². The zero-order valence-electron chi connectivity index (χ0n) is 16.6. The molecule has 0 bridgehead atoms. The molecule has 1 aromatic carbocycles. The summed E-state index contributed by atoms with van der Waals surface area (Å²) >= 11 is 5.23. The zero-order valence-corrected chi connectivity index (χ0v) is 17.4. The number of aromatic amines is 1.